The van der Waals surface area contributed by atoms with Gasteiger partial charge in [0.25, 0.3) is 0 Å². The summed E-state index contributed by atoms with van der Waals surface area (Å²) in [4.78, 5) is 20.4. The van der Waals surface area contributed by atoms with Crippen LogP contribution in [0.1, 0.15) is 34.1 Å². The van der Waals surface area contributed by atoms with E-state index in [2.05, 4.69) is 9.47 Å². The van der Waals surface area contributed by atoms with Crippen molar-refractivity contribution in [2.75, 3.05) is 6.61 Å². The number of hydrogen-bond donors (Lipinski definition) is 0. The van der Waals surface area contributed by atoms with Gasteiger partial charge in [-0.05, 0) is 27.7 Å². The van der Waals surface area contributed by atoms with Gasteiger partial charge in [0.2, 0.25) is 0 Å². The van der Waals surface area contributed by atoms with Crippen molar-refractivity contribution < 1.29 is 19.1 Å². The first kappa shape index (κ1) is 11.0. The Morgan fingerprint density at radius 1 is 1.14 bits per heavy atom. The van der Waals surface area contributed by atoms with E-state index < -0.39 is 0 Å². The Balaban J connectivity index is 0.000000140. The predicted molar refractivity (Wildman–Crippen MR) is 49.5 cm³/mol. The molecule has 2 aliphatic heterocycles. The lowest BCUT2D eigenvalue weighted by molar-refractivity contribution is -0.184. The maximum absolute atomic E-state index is 10.3. The molecule has 0 amide bonds. The number of esters is 2. The predicted octanol–water partition coefficient (Wildman–Crippen LogP) is 1.28. The molecule has 0 unspecified atom stereocenters. The van der Waals surface area contributed by atoms with Gasteiger partial charge in [-0.1, -0.05) is 0 Å². The molecular weight excluding hydrogens is 184 g/mol. The van der Waals surface area contributed by atoms with Crippen LogP contribution in [0.3, 0.4) is 0 Å². The molecular formula is C10H16O4. The van der Waals surface area contributed by atoms with Crippen molar-refractivity contribution in [1.82, 2.24) is 0 Å². The first-order valence-corrected chi connectivity index (χ1v) is 4.62. The van der Waals surface area contributed by atoms with E-state index in [0.717, 1.165) is 0 Å². The third-order valence-corrected chi connectivity index (χ3v) is 2.08. The van der Waals surface area contributed by atoms with Crippen LogP contribution in [0.4, 0.5) is 0 Å². The molecule has 0 aromatic heterocycles. The lowest BCUT2D eigenvalue weighted by Crippen LogP contribution is -2.42. The summed E-state index contributed by atoms with van der Waals surface area (Å²) >= 11 is 0. The van der Waals surface area contributed by atoms with Crippen molar-refractivity contribution in [2.45, 2.75) is 39.7 Å². The molecule has 2 fully saturated rings. The summed E-state index contributed by atoms with van der Waals surface area (Å²) in [6, 6.07) is 0. The van der Waals surface area contributed by atoms with E-state index in [1.165, 1.54) is 0 Å². The molecule has 0 spiro atoms. The second kappa shape index (κ2) is 3.26. The van der Waals surface area contributed by atoms with Gasteiger partial charge in [0, 0.05) is 0 Å². The average Bonchev–Trinajstić information content (AvgIpc) is 2.00. The van der Waals surface area contributed by atoms with Gasteiger partial charge in [-0.15, -0.1) is 0 Å². The molecule has 4 heteroatoms. The number of carbonyl (C=O) groups excluding carboxylic acids is 2. The Labute approximate surface area is 83.6 Å². The van der Waals surface area contributed by atoms with Crippen LogP contribution >= 0.6 is 0 Å². The molecule has 2 saturated heterocycles. The minimum atomic E-state index is -0.181. The molecule has 0 bridgehead atoms. The number of hydrogen-bond acceptors (Lipinski definition) is 4. The van der Waals surface area contributed by atoms with Gasteiger partial charge in [0.1, 0.15) is 12.2 Å². The maximum Gasteiger partial charge on any atom is 0.315 e. The highest BCUT2D eigenvalue weighted by Gasteiger charge is 2.39. The monoisotopic (exact) mass is 200 g/mol. The smallest absolute Gasteiger partial charge is 0.315 e. The van der Waals surface area contributed by atoms with Crippen molar-refractivity contribution in [1.29, 1.82) is 0 Å². The van der Waals surface area contributed by atoms with Gasteiger partial charge in [0.05, 0.1) is 11.8 Å². The van der Waals surface area contributed by atoms with Crippen molar-refractivity contribution in [3.05, 3.63) is 0 Å². The van der Waals surface area contributed by atoms with Gasteiger partial charge in [-0.25, -0.2) is 0 Å². The van der Waals surface area contributed by atoms with E-state index in [1.54, 1.807) is 0 Å². The molecule has 0 atom stereocenters. The zero-order valence-electron chi connectivity index (χ0n) is 9.05. The first-order chi connectivity index (χ1) is 6.23. The van der Waals surface area contributed by atoms with Crippen molar-refractivity contribution >= 4 is 11.9 Å². The molecule has 0 saturated carbocycles. The number of ether oxygens (including phenoxy) is 2. The van der Waals surface area contributed by atoms with Crippen LogP contribution in [0, 0.1) is 5.41 Å². The molecule has 0 aromatic rings. The molecule has 14 heavy (non-hydrogen) atoms. The van der Waals surface area contributed by atoms with Gasteiger partial charge in [0.15, 0.2) is 0 Å². The number of rotatable bonds is 0. The minimum absolute atomic E-state index is 0.0764. The third-order valence-electron chi connectivity index (χ3n) is 2.08. The summed E-state index contributed by atoms with van der Waals surface area (Å²) in [5.74, 6) is -0.155. The van der Waals surface area contributed by atoms with Gasteiger partial charge in [-0.3, -0.25) is 9.59 Å². The molecule has 2 aliphatic rings. The summed E-state index contributed by atoms with van der Waals surface area (Å²) in [6.45, 7) is 8.13. The molecule has 0 radical (unpaired) electrons. The van der Waals surface area contributed by atoms with Gasteiger partial charge in [-0.2, -0.15) is 0 Å². The standard InChI is InChI=1S/2C5H8O2/c1-5(2)3-7-4(5)6;1-5(2)3-4(6)7-5/h2*3H2,1-2H3. The van der Waals surface area contributed by atoms with Crippen molar-refractivity contribution in [3.8, 4) is 0 Å². The molecule has 4 nitrogen and oxygen atoms in total. The second-order valence-electron chi connectivity index (χ2n) is 4.87. The van der Waals surface area contributed by atoms with Crippen LogP contribution < -0.4 is 0 Å². The highest BCUT2D eigenvalue weighted by Crippen LogP contribution is 2.26. The fourth-order valence-electron chi connectivity index (χ4n) is 1.07. The zero-order chi connectivity index (χ0) is 11.0. The average molecular weight is 200 g/mol. The molecule has 80 valence electrons. The first-order valence-electron chi connectivity index (χ1n) is 4.62. The molecule has 0 N–H and O–H groups in total. The third kappa shape index (κ3) is 2.47. The highest BCUT2D eigenvalue weighted by atomic mass is 16.6. The van der Waals surface area contributed by atoms with E-state index in [9.17, 15) is 9.59 Å². The van der Waals surface area contributed by atoms with E-state index >= 15 is 0 Å². The lowest BCUT2D eigenvalue weighted by Gasteiger charge is -2.32. The molecule has 2 rings (SSSR count). The van der Waals surface area contributed by atoms with E-state index in [0.29, 0.717) is 13.0 Å². The second-order valence-corrected chi connectivity index (χ2v) is 4.87. The van der Waals surface area contributed by atoms with Crippen LogP contribution in [-0.4, -0.2) is 24.1 Å². The SMILES string of the molecule is CC1(C)CC(=O)O1.CC1(C)COC1=O. The molecule has 2 heterocycles. The summed E-state index contributed by atoms with van der Waals surface area (Å²) < 4.78 is 9.19. The maximum atomic E-state index is 10.3. The van der Waals surface area contributed by atoms with Gasteiger partial charge >= 0.3 is 11.9 Å². The van der Waals surface area contributed by atoms with Crippen LogP contribution in [0.25, 0.3) is 0 Å². The summed E-state index contributed by atoms with van der Waals surface area (Å²) in [7, 11) is 0. The van der Waals surface area contributed by atoms with Crippen LogP contribution in [0.2, 0.25) is 0 Å². The van der Waals surface area contributed by atoms with Gasteiger partial charge < -0.3 is 9.47 Å². The Hall–Kier alpha value is -1.06. The fraction of sp³-hybridized carbons (Fsp3) is 0.800. The fourth-order valence-corrected chi connectivity index (χ4v) is 1.07. The minimum Gasteiger partial charge on any atom is -0.464 e. The van der Waals surface area contributed by atoms with Crippen LogP contribution in [0.5, 0.6) is 0 Å². The lowest BCUT2D eigenvalue weighted by atomic mass is 9.91. The largest absolute Gasteiger partial charge is 0.464 e. The number of carbonyl (C=O) groups is 2. The van der Waals surface area contributed by atoms with Crippen molar-refractivity contribution in [2.24, 2.45) is 5.41 Å². The Kier molecular flexibility index (Phi) is 2.56. The van der Waals surface area contributed by atoms with Crippen molar-refractivity contribution in [3.63, 3.8) is 0 Å². The Morgan fingerprint density at radius 2 is 1.57 bits per heavy atom. The Morgan fingerprint density at radius 3 is 1.57 bits per heavy atom. The summed E-state index contributed by atoms with van der Waals surface area (Å²) in [5.41, 5.74) is -0.336. The van der Waals surface area contributed by atoms with E-state index in [-0.39, 0.29) is 23.0 Å². The summed E-state index contributed by atoms with van der Waals surface area (Å²) in [6.07, 6.45) is 0.576. The normalized spacial score (nSPS) is 25.7. The van der Waals surface area contributed by atoms with Crippen LogP contribution in [0.15, 0.2) is 0 Å². The highest BCUT2D eigenvalue weighted by molar-refractivity contribution is 5.80. The Bertz CT molecular complexity index is 255. The van der Waals surface area contributed by atoms with E-state index in [1.807, 2.05) is 27.7 Å². The molecule has 0 aliphatic carbocycles. The van der Waals surface area contributed by atoms with Crippen LogP contribution in [-0.2, 0) is 19.1 Å². The van der Waals surface area contributed by atoms with E-state index in [4.69, 9.17) is 0 Å². The summed E-state index contributed by atoms with van der Waals surface area (Å²) in [5, 5.41) is 0. The zero-order valence-corrected chi connectivity index (χ0v) is 9.05. The molecule has 0 aromatic carbocycles. The quantitative estimate of drug-likeness (QED) is 0.553. The topological polar surface area (TPSA) is 52.6 Å². The number of cyclic esters (lactones) is 2.